The van der Waals surface area contributed by atoms with Crippen LogP contribution in [-0.2, 0) is 4.79 Å². The molecule has 1 aromatic carbocycles. The maximum absolute atomic E-state index is 13.6. The summed E-state index contributed by atoms with van der Waals surface area (Å²) < 4.78 is 26.9. The van der Waals surface area contributed by atoms with Crippen LogP contribution in [0.1, 0.15) is 34.0 Å². The zero-order valence-corrected chi connectivity index (χ0v) is 16.8. The number of aryl methyl sites for hydroxylation is 1. The fourth-order valence-corrected chi connectivity index (χ4v) is 4.68. The lowest BCUT2D eigenvalue weighted by molar-refractivity contribution is -0.115. The number of benzene rings is 1. The molecule has 0 radical (unpaired) electrons. The van der Waals surface area contributed by atoms with Crippen LogP contribution in [-0.4, -0.2) is 37.0 Å². The van der Waals surface area contributed by atoms with Crippen molar-refractivity contribution in [1.82, 2.24) is 10.2 Å². The molecule has 27 heavy (non-hydrogen) atoms. The second kappa shape index (κ2) is 8.04. The van der Waals surface area contributed by atoms with Crippen molar-refractivity contribution in [1.29, 1.82) is 0 Å². The number of likely N-dealkylation sites (N-methyl/N-ethyl adjacent to an activating group) is 1. The first-order valence-electron chi connectivity index (χ1n) is 9.03. The number of likely N-dealkylation sites (tertiary alicyclic amines) is 1. The average molecular weight is 394 g/mol. The van der Waals surface area contributed by atoms with Crippen LogP contribution < -0.4 is 10.6 Å². The number of thiophene rings is 1. The molecule has 0 spiro atoms. The van der Waals surface area contributed by atoms with Crippen molar-refractivity contribution < 1.29 is 13.6 Å². The number of nitrogens with zero attached hydrogens (tertiary/aromatic N) is 1. The molecule has 0 aliphatic carbocycles. The molecule has 0 bridgehead atoms. The monoisotopic (exact) mass is 393 g/mol. The number of amides is 1. The van der Waals surface area contributed by atoms with Crippen LogP contribution in [0.3, 0.4) is 0 Å². The summed E-state index contributed by atoms with van der Waals surface area (Å²) in [5.41, 5.74) is 3.03. The number of hydrogen-bond acceptors (Lipinski definition) is 4. The van der Waals surface area contributed by atoms with E-state index in [0.29, 0.717) is 5.56 Å². The minimum absolute atomic E-state index is 0.00137. The van der Waals surface area contributed by atoms with Gasteiger partial charge in [-0.05, 0) is 63.1 Å². The Morgan fingerprint density at radius 1 is 1.22 bits per heavy atom. The number of halogens is 2. The van der Waals surface area contributed by atoms with E-state index in [2.05, 4.69) is 22.5 Å². The lowest BCUT2D eigenvalue weighted by Gasteiger charge is -2.26. The van der Waals surface area contributed by atoms with Crippen LogP contribution >= 0.6 is 11.3 Å². The van der Waals surface area contributed by atoms with Gasteiger partial charge in [0.25, 0.3) is 0 Å². The molecule has 1 amide bonds. The van der Waals surface area contributed by atoms with Crippen molar-refractivity contribution >= 4 is 22.2 Å². The van der Waals surface area contributed by atoms with E-state index in [1.165, 1.54) is 16.5 Å². The molecule has 1 aromatic heterocycles. The van der Waals surface area contributed by atoms with Gasteiger partial charge in [0.1, 0.15) is 0 Å². The van der Waals surface area contributed by atoms with Crippen molar-refractivity contribution in [3.63, 3.8) is 0 Å². The second-order valence-electron chi connectivity index (χ2n) is 7.16. The van der Waals surface area contributed by atoms with Gasteiger partial charge < -0.3 is 10.6 Å². The Morgan fingerprint density at radius 3 is 2.59 bits per heavy atom. The largest absolute Gasteiger partial charge is 0.316 e. The Bertz CT molecular complexity index is 852. The summed E-state index contributed by atoms with van der Waals surface area (Å²) in [5.74, 6) is -1.79. The zero-order valence-electron chi connectivity index (χ0n) is 16.0. The van der Waals surface area contributed by atoms with Crippen LogP contribution in [0.4, 0.5) is 13.8 Å². The Morgan fingerprint density at radius 2 is 1.96 bits per heavy atom. The molecule has 7 heteroatoms. The van der Waals surface area contributed by atoms with E-state index < -0.39 is 11.6 Å². The van der Waals surface area contributed by atoms with Gasteiger partial charge in [-0.1, -0.05) is 6.07 Å². The molecule has 0 unspecified atom stereocenters. The predicted octanol–water partition coefficient (Wildman–Crippen LogP) is 3.93. The van der Waals surface area contributed by atoms with Crippen molar-refractivity contribution in [3.8, 4) is 0 Å². The molecule has 1 fully saturated rings. The van der Waals surface area contributed by atoms with Gasteiger partial charge in [0.15, 0.2) is 11.6 Å². The first kappa shape index (κ1) is 19.9. The lowest BCUT2D eigenvalue weighted by atomic mass is 10.00. The van der Waals surface area contributed by atoms with Gasteiger partial charge >= 0.3 is 0 Å². The van der Waals surface area contributed by atoms with Gasteiger partial charge in [0, 0.05) is 23.5 Å². The lowest BCUT2D eigenvalue weighted by Crippen LogP contribution is -2.39. The van der Waals surface area contributed by atoms with Crippen molar-refractivity contribution in [3.05, 3.63) is 51.4 Å². The molecule has 2 N–H and O–H groups in total. The van der Waals surface area contributed by atoms with Gasteiger partial charge in [-0.3, -0.25) is 9.69 Å². The summed E-state index contributed by atoms with van der Waals surface area (Å²) in [6.45, 7) is 7.10. The van der Waals surface area contributed by atoms with Gasteiger partial charge in [-0.15, -0.1) is 11.3 Å². The van der Waals surface area contributed by atoms with E-state index in [0.717, 1.165) is 29.6 Å². The molecule has 0 saturated carbocycles. The minimum Gasteiger partial charge on any atom is -0.316 e. The highest BCUT2D eigenvalue weighted by atomic mass is 32.1. The van der Waals surface area contributed by atoms with Crippen molar-refractivity contribution in [2.45, 2.75) is 39.3 Å². The smallest absolute Gasteiger partial charge is 0.238 e. The van der Waals surface area contributed by atoms with E-state index in [4.69, 9.17) is 0 Å². The Hall–Kier alpha value is -1.83. The van der Waals surface area contributed by atoms with Crippen molar-refractivity contribution in [2.75, 3.05) is 25.5 Å². The average Bonchev–Trinajstić information content (AvgIpc) is 3.11. The maximum atomic E-state index is 13.6. The molecule has 4 nitrogen and oxygen atoms in total. The fraction of sp³-hybridized carbons (Fsp3) is 0.450. The number of anilines is 1. The standard InChI is InChI=1S/C20H25F2N3OS/c1-11-12(2)20(27-13(11)3)24-18(26)10-23-17-7-8-25(4)19(17)14-5-6-15(21)16(22)9-14/h5-6,9,17,19,23H,7-8,10H2,1-4H3,(H,24,26)/t17-,19-/m0/s1. The van der Waals surface area contributed by atoms with Crippen LogP contribution in [0.15, 0.2) is 18.2 Å². The second-order valence-corrected chi connectivity index (χ2v) is 8.39. The first-order chi connectivity index (χ1) is 12.8. The summed E-state index contributed by atoms with van der Waals surface area (Å²) in [6, 6.07) is 3.92. The highest BCUT2D eigenvalue weighted by molar-refractivity contribution is 7.16. The molecule has 2 atom stereocenters. The molecule has 2 heterocycles. The summed E-state index contributed by atoms with van der Waals surface area (Å²) in [5, 5.41) is 7.15. The third kappa shape index (κ3) is 4.20. The molecule has 2 aromatic rings. The third-order valence-electron chi connectivity index (χ3n) is 5.40. The number of carbonyl (C=O) groups is 1. The molecular formula is C20H25F2N3OS. The highest BCUT2D eigenvalue weighted by Crippen LogP contribution is 2.32. The van der Waals surface area contributed by atoms with E-state index >= 15 is 0 Å². The predicted molar refractivity (Wildman–Crippen MR) is 105 cm³/mol. The summed E-state index contributed by atoms with van der Waals surface area (Å²) >= 11 is 1.58. The number of hydrogen-bond donors (Lipinski definition) is 2. The number of rotatable bonds is 5. The van der Waals surface area contributed by atoms with Crippen LogP contribution in [0.2, 0.25) is 0 Å². The summed E-state index contributed by atoms with van der Waals surface area (Å²) in [4.78, 5) is 15.7. The molecule has 1 aliphatic rings. The zero-order chi connectivity index (χ0) is 19.7. The maximum Gasteiger partial charge on any atom is 0.238 e. The third-order valence-corrected chi connectivity index (χ3v) is 6.62. The van der Waals surface area contributed by atoms with Gasteiger partial charge in [0.2, 0.25) is 5.91 Å². The van der Waals surface area contributed by atoms with Crippen LogP contribution in [0, 0.1) is 32.4 Å². The number of carbonyl (C=O) groups excluding carboxylic acids is 1. The first-order valence-corrected chi connectivity index (χ1v) is 9.84. The molecule has 1 aliphatic heterocycles. The van der Waals surface area contributed by atoms with E-state index in [9.17, 15) is 13.6 Å². The Labute approximate surface area is 162 Å². The fourth-order valence-electron chi connectivity index (χ4n) is 3.60. The van der Waals surface area contributed by atoms with E-state index in [-0.39, 0.29) is 24.5 Å². The Kier molecular flexibility index (Phi) is 5.93. The summed E-state index contributed by atoms with van der Waals surface area (Å²) in [7, 11) is 1.95. The normalized spacial score (nSPS) is 20.2. The minimum atomic E-state index is -0.847. The molecule has 1 saturated heterocycles. The summed E-state index contributed by atoms with van der Waals surface area (Å²) in [6.07, 6.45) is 0.837. The topological polar surface area (TPSA) is 44.4 Å². The van der Waals surface area contributed by atoms with Crippen LogP contribution in [0.5, 0.6) is 0 Å². The number of nitrogens with one attached hydrogen (secondary N) is 2. The van der Waals surface area contributed by atoms with E-state index in [1.54, 1.807) is 17.4 Å². The molecule has 146 valence electrons. The Balaban J connectivity index is 1.64. The van der Waals surface area contributed by atoms with Crippen LogP contribution in [0.25, 0.3) is 0 Å². The molecular weight excluding hydrogens is 368 g/mol. The van der Waals surface area contributed by atoms with E-state index in [1.807, 2.05) is 20.9 Å². The van der Waals surface area contributed by atoms with Gasteiger partial charge in [-0.2, -0.15) is 0 Å². The quantitative estimate of drug-likeness (QED) is 0.809. The van der Waals surface area contributed by atoms with Crippen molar-refractivity contribution in [2.24, 2.45) is 0 Å². The van der Waals surface area contributed by atoms with Gasteiger partial charge in [0.05, 0.1) is 11.5 Å². The molecule has 3 rings (SSSR count). The van der Waals surface area contributed by atoms with Gasteiger partial charge in [-0.25, -0.2) is 8.78 Å². The highest BCUT2D eigenvalue weighted by Gasteiger charge is 2.33. The SMILES string of the molecule is Cc1sc(NC(=O)CN[C@H]2CCN(C)[C@H]2c2ccc(F)c(F)c2)c(C)c1C.